The van der Waals surface area contributed by atoms with Crippen LogP contribution in [0.3, 0.4) is 0 Å². The van der Waals surface area contributed by atoms with Crippen molar-refractivity contribution in [2.24, 2.45) is 0 Å². The summed E-state index contributed by atoms with van der Waals surface area (Å²) in [5.74, 6) is 0.593. The Balaban J connectivity index is 2.52. The van der Waals surface area contributed by atoms with Gasteiger partial charge in [0.25, 0.3) is 0 Å². The molecule has 4 heteroatoms. The lowest BCUT2D eigenvalue weighted by atomic mass is 10.1. The monoisotopic (exact) mass is 151 g/mol. The van der Waals surface area contributed by atoms with Crippen molar-refractivity contribution in [2.75, 3.05) is 5.73 Å². The predicted octanol–water partition coefficient (Wildman–Crippen LogP) is 0.442. The van der Waals surface area contributed by atoms with Crippen molar-refractivity contribution < 1.29 is 4.79 Å². The Morgan fingerprint density at radius 1 is 1.64 bits per heavy atom. The van der Waals surface area contributed by atoms with Crippen molar-refractivity contribution >= 4 is 11.6 Å². The zero-order valence-electron chi connectivity index (χ0n) is 6.08. The number of nitrogens with zero attached hydrogens (tertiary/aromatic N) is 2. The second-order valence-electron chi connectivity index (χ2n) is 2.70. The average molecular weight is 151 g/mol. The number of hydrogen-bond acceptors (Lipinski definition) is 3. The van der Waals surface area contributed by atoms with E-state index in [1.54, 1.807) is 10.7 Å². The van der Waals surface area contributed by atoms with Crippen LogP contribution in [0.4, 0.5) is 5.82 Å². The fraction of sp³-hybridized carbons (Fsp3) is 0.429. The molecule has 0 aliphatic carbocycles. The van der Waals surface area contributed by atoms with Gasteiger partial charge in [-0.2, -0.15) is 5.10 Å². The van der Waals surface area contributed by atoms with E-state index in [1.165, 1.54) is 0 Å². The zero-order valence-corrected chi connectivity index (χ0v) is 6.08. The van der Waals surface area contributed by atoms with Gasteiger partial charge in [0.1, 0.15) is 11.5 Å². The Morgan fingerprint density at radius 2 is 2.45 bits per heavy atom. The number of aryl methyl sites for hydroxylation is 1. The predicted molar refractivity (Wildman–Crippen MR) is 40.2 cm³/mol. The molecule has 4 nitrogen and oxygen atoms in total. The first-order valence-electron chi connectivity index (χ1n) is 3.64. The summed E-state index contributed by atoms with van der Waals surface area (Å²) in [6.07, 6.45) is 1.51. The van der Waals surface area contributed by atoms with E-state index in [2.05, 4.69) is 5.10 Å². The molecule has 0 fully saturated rings. The average Bonchev–Trinajstić information content (AvgIpc) is 2.31. The number of Topliss-reactive ketones (excluding diaryl/α,β-unsaturated/α-hetero) is 1. The van der Waals surface area contributed by atoms with Crippen LogP contribution in [0, 0.1) is 0 Å². The number of carbonyl (C=O) groups is 1. The summed E-state index contributed by atoms with van der Waals surface area (Å²) in [4.78, 5) is 11.2. The van der Waals surface area contributed by atoms with E-state index in [1.807, 2.05) is 0 Å². The lowest BCUT2D eigenvalue weighted by Crippen LogP contribution is -2.16. The van der Waals surface area contributed by atoms with Crippen molar-refractivity contribution in [3.05, 3.63) is 11.8 Å². The molecule has 0 bridgehead atoms. The molecule has 0 saturated carbocycles. The minimum Gasteiger partial charge on any atom is -0.382 e. The summed E-state index contributed by atoms with van der Waals surface area (Å²) in [6.45, 7) is 0.818. The highest BCUT2D eigenvalue weighted by molar-refractivity contribution is 5.95. The number of hydrogen-bond donors (Lipinski definition) is 1. The summed E-state index contributed by atoms with van der Waals surface area (Å²) >= 11 is 0. The first kappa shape index (κ1) is 6.39. The SMILES string of the molecule is Nc1cc2n(n1)CCCC2=O. The first-order chi connectivity index (χ1) is 5.27. The van der Waals surface area contributed by atoms with Crippen LogP contribution in [0.5, 0.6) is 0 Å². The molecule has 0 radical (unpaired) electrons. The van der Waals surface area contributed by atoms with Crippen LogP contribution in [-0.2, 0) is 6.54 Å². The van der Waals surface area contributed by atoms with Crippen LogP contribution in [-0.4, -0.2) is 15.6 Å². The van der Waals surface area contributed by atoms with E-state index in [9.17, 15) is 4.79 Å². The maximum absolute atomic E-state index is 11.2. The molecule has 0 atom stereocenters. The van der Waals surface area contributed by atoms with Crippen molar-refractivity contribution in [3.63, 3.8) is 0 Å². The van der Waals surface area contributed by atoms with E-state index in [0.29, 0.717) is 17.9 Å². The minimum atomic E-state index is 0.153. The van der Waals surface area contributed by atoms with Crippen molar-refractivity contribution in [3.8, 4) is 0 Å². The second-order valence-corrected chi connectivity index (χ2v) is 2.70. The maximum atomic E-state index is 11.2. The quantitative estimate of drug-likeness (QED) is 0.585. The molecule has 11 heavy (non-hydrogen) atoms. The number of nitrogens with two attached hydrogens (primary N) is 1. The van der Waals surface area contributed by atoms with Crippen molar-refractivity contribution in [2.45, 2.75) is 19.4 Å². The molecule has 0 aromatic carbocycles. The third-order valence-electron chi connectivity index (χ3n) is 1.86. The summed E-state index contributed by atoms with van der Waals surface area (Å²) in [6, 6.07) is 1.64. The van der Waals surface area contributed by atoms with E-state index < -0.39 is 0 Å². The van der Waals surface area contributed by atoms with Gasteiger partial charge in [-0.15, -0.1) is 0 Å². The molecule has 1 aromatic rings. The van der Waals surface area contributed by atoms with Gasteiger partial charge in [-0.3, -0.25) is 9.48 Å². The van der Waals surface area contributed by atoms with Crippen LogP contribution in [0.2, 0.25) is 0 Å². The number of anilines is 1. The van der Waals surface area contributed by atoms with Gasteiger partial charge in [0.05, 0.1) is 0 Å². The first-order valence-corrected chi connectivity index (χ1v) is 3.64. The standard InChI is InChI=1S/C7H9N3O/c8-7-4-5-6(11)2-1-3-10(5)9-7/h4H,1-3H2,(H2,8,9). The van der Waals surface area contributed by atoms with Crippen LogP contribution in [0.25, 0.3) is 0 Å². The Hall–Kier alpha value is -1.32. The number of carbonyl (C=O) groups excluding carboxylic acids is 1. The number of nitrogen functional groups attached to an aromatic ring is 1. The molecular formula is C7H9N3O. The molecular weight excluding hydrogens is 142 g/mol. The molecule has 1 aliphatic rings. The Bertz CT molecular complexity index is 303. The molecule has 0 spiro atoms. The van der Waals surface area contributed by atoms with Gasteiger partial charge in [-0.1, -0.05) is 0 Å². The summed E-state index contributed by atoms with van der Waals surface area (Å²) in [7, 11) is 0. The molecule has 1 aliphatic heterocycles. The van der Waals surface area contributed by atoms with E-state index in [-0.39, 0.29) is 5.78 Å². The molecule has 1 aromatic heterocycles. The molecule has 2 N–H and O–H groups in total. The van der Waals surface area contributed by atoms with Gasteiger partial charge in [0.2, 0.25) is 0 Å². The van der Waals surface area contributed by atoms with Gasteiger partial charge >= 0.3 is 0 Å². The maximum Gasteiger partial charge on any atom is 0.181 e. The third-order valence-corrected chi connectivity index (χ3v) is 1.86. The highest BCUT2D eigenvalue weighted by Gasteiger charge is 2.18. The molecule has 2 rings (SSSR count). The topological polar surface area (TPSA) is 60.9 Å². The van der Waals surface area contributed by atoms with Gasteiger partial charge in [0, 0.05) is 19.0 Å². The van der Waals surface area contributed by atoms with Crippen LogP contribution in [0.1, 0.15) is 23.3 Å². The Morgan fingerprint density at radius 3 is 3.18 bits per heavy atom. The lowest BCUT2D eigenvalue weighted by Gasteiger charge is -2.10. The van der Waals surface area contributed by atoms with Crippen LogP contribution >= 0.6 is 0 Å². The summed E-state index contributed by atoms with van der Waals surface area (Å²) in [5, 5.41) is 3.98. The Labute approximate surface area is 64.0 Å². The lowest BCUT2D eigenvalue weighted by molar-refractivity contribution is 0.0951. The summed E-state index contributed by atoms with van der Waals surface area (Å²) < 4.78 is 1.68. The molecule has 0 unspecified atom stereocenters. The largest absolute Gasteiger partial charge is 0.382 e. The highest BCUT2D eigenvalue weighted by Crippen LogP contribution is 2.15. The molecule has 2 heterocycles. The van der Waals surface area contributed by atoms with Crippen LogP contribution < -0.4 is 5.73 Å². The smallest absolute Gasteiger partial charge is 0.181 e. The number of aromatic nitrogens is 2. The zero-order chi connectivity index (χ0) is 7.84. The van der Waals surface area contributed by atoms with Gasteiger partial charge < -0.3 is 5.73 Å². The van der Waals surface area contributed by atoms with Gasteiger partial charge in [0.15, 0.2) is 5.78 Å². The number of rotatable bonds is 0. The molecule has 58 valence electrons. The van der Waals surface area contributed by atoms with Gasteiger partial charge in [-0.05, 0) is 6.42 Å². The molecule has 0 saturated heterocycles. The van der Waals surface area contributed by atoms with Crippen molar-refractivity contribution in [1.29, 1.82) is 0 Å². The van der Waals surface area contributed by atoms with Crippen LogP contribution in [0.15, 0.2) is 6.07 Å². The van der Waals surface area contributed by atoms with E-state index in [4.69, 9.17) is 5.73 Å². The number of fused-ring (bicyclic) bond motifs is 1. The van der Waals surface area contributed by atoms with E-state index in [0.717, 1.165) is 13.0 Å². The fourth-order valence-electron chi connectivity index (χ4n) is 1.35. The second kappa shape index (κ2) is 2.08. The van der Waals surface area contributed by atoms with Gasteiger partial charge in [-0.25, -0.2) is 0 Å². The fourth-order valence-corrected chi connectivity index (χ4v) is 1.35. The number of ketones is 1. The molecule has 0 amide bonds. The van der Waals surface area contributed by atoms with E-state index >= 15 is 0 Å². The minimum absolute atomic E-state index is 0.153. The Kier molecular flexibility index (Phi) is 1.21. The normalized spacial score (nSPS) is 16.5. The highest BCUT2D eigenvalue weighted by atomic mass is 16.1. The van der Waals surface area contributed by atoms with Crippen molar-refractivity contribution in [1.82, 2.24) is 9.78 Å². The third kappa shape index (κ3) is 0.906. The summed E-state index contributed by atoms with van der Waals surface area (Å²) in [5.41, 5.74) is 6.10.